The van der Waals surface area contributed by atoms with Crippen LogP contribution < -0.4 is 5.32 Å². The number of nitrogens with one attached hydrogen (secondary N) is 1. The molecule has 0 fully saturated rings. The van der Waals surface area contributed by atoms with Gasteiger partial charge in [-0.3, -0.25) is 0 Å². The second kappa shape index (κ2) is 10.4. The minimum Gasteiger partial charge on any atom is -0.314 e. The van der Waals surface area contributed by atoms with Gasteiger partial charge in [0.05, 0.1) is 0 Å². The molecule has 0 aromatic carbocycles. The van der Waals surface area contributed by atoms with Crippen molar-refractivity contribution in [2.45, 2.75) is 52.0 Å². The standard InChI is InChI=1S/C11H25NS/c1-4-9-12-11(2)8-6-5-7-10-13-3/h11-12H,4-10H2,1-3H3. The summed E-state index contributed by atoms with van der Waals surface area (Å²) in [5, 5.41) is 3.52. The van der Waals surface area contributed by atoms with E-state index in [1.54, 1.807) is 0 Å². The van der Waals surface area contributed by atoms with Gasteiger partial charge in [-0.1, -0.05) is 19.8 Å². The van der Waals surface area contributed by atoms with Crippen LogP contribution in [-0.4, -0.2) is 24.6 Å². The molecule has 80 valence electrons. The zero-order valence-corrected chi connectivity index (χ0v) is 10.3. The van der Waals surface area contributed by atoms with Gasteiger partial charge in [-0.25, -0.2) is 0 Å². The normalized spacial score (nSPS) is 13.2. The maximum atomic E-state index is 3.52. The van der Waals surface area contributed by atoms with Crippen molar-refractivity contribution in [3.8, 4) is 0 Å². The molecular formula is C11H25NS. The van der Waals surface area contributed by atoms with Crippen LogP contribution in [0.4, 0.5) is 0 Å². The van der Waals surface area contributed by atoms with Crippen molar-refractivity contribution in [1.82, 2.24) is 5.32 Å². The topological polar surface area (TPSA) is 12.0 Å². The Hall–Kier alpha value is 0.310. The molecule has 0 aromatic rings. The van der Waals surface area contributed by atoms with E-state index in [0.717, 1.165) is 0 Å². The SMILES string of the molecule is CCCNC(C)CCCCCSC. The van der Waals surface area contributed by atoms with Crippen molar-refractivity contribution in [2.75, 3.05) is 18.6 Å². The summed E-state index contributed by atoms with van der Waals surface area (Å²) in [5.74, 6) is 1.33. The Bertz CT molecular complexity index is 96.1. The van der Waals surface area contributed by atoms with E-state index in [4.69, 9.17) is 0 Å². The highest BCUT2D eigenvalue weighted by Crippen LogP contribution is 2.06. The lowest BCUT2D eigenvalue weighted by Gasteiger charge is -2.12. The van der Waals surface area contributed by atoms with Gasteiger partial charge in [0, 0.05) is 6.04 Å². The van der Waals surface area contributed by atoms with Crippen LogP contribution in [0.15, 0.2) is 0 Å². The van der Waals surface area contributed by atoms with Gasteiger partial charge >= 0.3 is 0 Å². The first-order valence-electron chi connectivity index (χ1n) is 5.53. The Morgan fingerprint density at radius 3 is 2.62 bits per heavy atom. The van der Waals surface area contributed by atoms with Gasteiger partial charge < -0.3 is 5.32 Å². The summed E-state index contributed by atoms with van der Waals surface area (Å²) in [4.78, 5) is 0. The molecule has 1 unspecified atom stereocenters. The van der Waals surface area contributed by atoms with Crippen LogP contribution in [0, 0.1) is 0 Å². The van der Waals surface area contributed by atoms with Crippen LogP contribution in [0.2, 0.25) is 0 Å². The second-order valence-electron chi connectivity index (χ2n) is 3.70. The lowest BCUT2D eigenvalue weighted by atomic mass is 10.1. The third kappa shape index (κ3) is 10.2. The summed E-state index contributed by atoms with van der Waals surface area (Å²) < 4.78 is 0. The molecule has 0 saturated heterocycles. The summed E-state index contributed by atoms with van der Waals surface area (Å²) in [5.41, 5.74) is 0. The average molecular weight is 203 g/mol. The summed E-state index contributed by atoms with van der Waals surface area (Å²) >= 11 is 1.96. The highest BCUT2D eigenvalue weighted by molar-refractivity contribution is 7.98. The number of thioether (sulfide) groups is 1. The molecule has 0 aromatic heterocycles. The molecule has 0 amide bonds. The molecule has 2 heteroatoms. The van der Waals surface area contributed by atoms with Gasteiger partial charge in [-0.05, 0) is 44.7 Å². The van der Waals surface area contributed by atoms with Crippen LogP contribution in [0.25, 0.3) is 0 Å². The molecule has 0 aliphatic heterocycles. The molecule has 1 N–H and O–H groups in total. The van der Waals surface area contributed by atoms with Crippen molar-refractivity contribution in [2.24, 2.45) is 0 Å². The van der Waals surface area contributed by atoms with E-state index in [-0.39, 0.29) is 0 Å². The Kier molecular flexibility index (Phi) is 10.6. The third-order valence-electron chi connectivity index (χ3n) is 2.23. The van der Waals surface area contributed by atoms with Crippen LogP contribution >= 0.6 is 11.8 Å². The van der Waals surface area contributed by atoms with Crippen LogP contribution in [-0.2, 0) is 0 Å². The van der Waals surface area contributed by atoms with Crippen molar-refractivity contribution in [3.05, 3.63) is 0 Å². The van der Waals surface area contributed by atoms with E-state index in [9.17, 15) is 0 Å². The molecule has 0 radical (unpaired) electrons. The number of unbranched alkanes of at least 4 members (excludes halogenated alkanes) is 2. The van der Waals surface area contributed by atoms with Gasteiger partial charge in [0.15, 0.2) is 0 Å². The van der Waals surface area contributed by atoms with E-state index in [2.05, 4.69) is 25.4 Å². The maximum Gasteiger partial charge on any atom is 0.00387 e. The van der Waals surface area contributed by atoms with Crippen molar-refractivity contribution < 1.29 is 0 Å². The molecule has 0 aliphatic rings. The summed E-state index contributed by atoms with van der Waals surface area (Å²) in [6.07, 6.45) is 8.95. The van der Waals surface area contributed by atoms with Gasteiger partial charge in [0.1, 0.15) is 0 Å². The Balaban J connectivity index is 3.03. The summed E-state index contributed by atoms with van der Waals surface area (Å²) in [6, 6.07) is 0.717. The highest BCUT2D eigenvalue weighted by atomic mass is 32.2. The van der Waals surface area contributed by atoms with Crippen LogP contribution in [0.1, 0.15) is 46.0 Å². The van der Waals surface area contributed by atoms with Gasteiger partial charge in [0.2, 0.25) is 0 Å². The predicted molar refractivity (Wildman–Crippen MR) is 64.6 cm³/mol. The van der Waals surface area contributed by atoms with E-state index >= 15 is 0 Å². The average Bonchev–Trinajstić information content (AvgIpc) is 2.14. The molecule has 13 heavy (non-hydrogen) atoms. The smallest absolute Gasteiger partial charge is 0.00387 e. The molecule has 1 atom stereocenters. The molecule has 1 nitrogen and oxygen atoms in total. The highest BCUT2D eigenvalue weighted by Gasteiger charge is 1.98. The number of rotatable bonds is 9. The first-order valence-corrected chi connectivity index (χ1v) is 6.93. The molecule has 0 bridgehead atoms. The first kappa shape index (κ1) is 13.3. The second-order valence-corrected chi connectivity index (χ2v) is 4.68. The molecule has 0 heterocycles. The van der Waals surface area contributed by atoms with E-state index in [0.29, 0.717) is 6.04 Å². The lowest BCUT2D eigenvalue weighted by molar-refractivity contribution is 0.488. The number of hydrogen-bond donors (Lipinski definition) is 1. The fraction of sp³-hybridized carbons (Fsp3) is 1.00. The monoisotopic (exact) mass is 203 g/mol. The van der Waals surface area contributed by atoms with E-state index < -0.39 is 0 Å². The van der Waals surface area contributed by atoms with Crippen LogP contribution in [0.5, 0.6) is 0 Å². The van der Waals surface area contributed by atoms with Crippen molar-refractivity contribution in [3.63, 3.8) is 0 Å². The Labute approximate surface area is 88.1 Å². The van der Waals surface area contributed by atoms with Gasteiger partial charge in [-0.2, -0.15) is 11.8 Å². The largest absolute Gasteiger partial charge is 0.314 e. The maximum absolute atomic E-state index is 3.52. The minimum atomic E-state index is 0.717. The molecule has 0 saturated carbocycles. The van der Waals surface area contributed by atoms with Gasteiger partial charge in [0.25, 0.3) is 0 Å². The van der Waals surface area contributed by atoms with Gasteiger partial charge in [-0.15, -0.1) is 0 Å². The van der Waals surface area contributed by atoms with Crippen molar-refractivity contribution >= 4 is 11.8 Å². The summed E-state index contributed by atoms with van der Waals surface area (Å²) in [6.45, 7) is 5.69. The zero-order chi connectivity index (χ0) is 9.94. The molecular weight excluding hydrogens is 178 g/mol. The lowest BCUT2D eigenvalue weighted by Crippen LogP contribution is -2.26. The quantitative estimate of drug-likeness (QED) is 0.577. The minimum absolute atomic E-state index is 0.717. The predicted octanol–water partition coefficient (Wildman–Crippen LogP) is 3.30. The van der Waals surface area contributed by atoms with E-state index in [1.807, 2.05) is 11.8 Å². The fourth-order valence-electron chi connectivity index (χ4n) is 1.37. The number of hydrogen-bond acceptors (Lipinski definition) is 2. The molecule has 0 spiro atoms. The Morgan fingerprint density at radius 1 is 1.23 bits per heavy atom. The zero-order valence-electron chi connectivity index (χ0n) is 9.44. The van der Waals surface area contributed by atoms with Crippen molar-refractivity contribution in [1.29, 1.82) is 0 Å². The third-order valence-corrected chi connectivity index (χ3v) is 2.93. The van der Waals surface area contributed by atoms with Crippen LogP contribution in [0.3, 0.4) is 0 Å². The van der Waals surface area contributed by atoms with E-state index in [1.165, 1.54) is 44.4 Å². The molecule has 0 rings (SSSR count). The molecule has 0 aliphatic carbocycles. The fourth-order valence-corrected chi connectivity index (χ4v) is 1.86. The summed E-state index contributed by atoms with van der Waals surface area (Å²) in [7, 11) is 0. The first-order chi connectivity index (χ1) is 6.31. The Morgan fingerprint density at radius 2 is 2.00 bits per heavy atom.